The molecule has 7 nitrogen and oxygen atoms in total. The number of carbonyl (C=O) groups excluding carboxylic acids is 3. The summed E-state index contributed by atoms with van der Waals surface area (Å²) in [5, 5.41) is 2.71. The lowest BCUT2D eigenvalue weighted by molar-refractivity contribution is -0.123. The minimum atomic E-state index is -1.01. The lowest BCUT2D eigenvalue weighted by atomic mass is 10.1. The molecule has 2 N–H and O–H groups in total. The van der Waals surface area contributed by atoms with Crippen LogP contribution in [0.1, 0.15) is 51.5 Å². The molecule has 0 bridgehead atoms. The summed E-state index contributed by atoms with van der Waals surface area (Å²) in [6.07, 6.45) is -0.0991. The highest BCUT2D eigenvalue weighted by molar-refractivity contribution is 6.00. The van der Waals surface area contributed by atoms with E-state index in [9.17, 15) is 14.4 Å². The highest BCUT2D eigenvalue weighted by atomic mass is 16.5. The molecule has 1 unspecified atom stereocenters. The van der Waals surface area contributed by atoms with Crippen LogP contribution in [0.25, 0.3) is 0 Å². The van der Waals surface area contributed by atoms with Gasteiger partial charge in [-0.15, -0.1) is 0 Å². The Bertz CT molecular complexity index is 852. The molecule has 0 saturated heterocycles. The van der Waals surface area contributed by atoms with Crippen molar-refractivity contribution in [3.8, 4) is 0 Å². The van der Waals surface area contributed by atoms with E-state index in [0.29, 0.717) is 16.9 Å². The van der Waals surface area contributed by atoms with E-state index in [2.05, 4.69) is 10.3 Å². The number of carbonyl (C=O) groups is 3. The number of amides is 1. The minimum absolute atomic E-state index is 0.125. The largest absolute Gasteiger partial charge is 0.465 e. The van der Waals surface area contributed by atoms with Gasteiger partial charge in [-0.2, -0.15) is 0 Å². The van der Waals surface area contributed by atoms with Crippen LogP contribution in [0.2, 0.25) is 0 Å². The second-order valence-corrected chi connectivity index (χ2v) is 6.20. The molecule has 0 aliphatic carbocycles. The van der Waals surface area contributed by atoms with Gasteiger partial charge in [0.25, 0.3) is 5.91 Å². The fraction of sp³-hybridized carbons (Fsp3) is 0.350. The number of aromatic nitrogens is 1. The highest BCUT2D eigenvalue weighted by Gasteiger charge is 2.26. The molecule has 0 aliphatic rings. The fourth-order valence-electron chi connectivity index (χ4n) is 2.70. The van der Waals surface area contributed by atoms with E-state index in [1.54, 1.807) is 26.0 Å². The molecule has 1 heterocycles. The Hall–Kier alpha value is -3.09. The summed E-state index contributed by atoms with van der Waals surface area (Å²) in [6.45, 7) is 6.81. The first-order chi connectivity index (χ1) is 12.8. The van der Waals surface area contributed by atoms with E-state index in [1.807, 2.05) is 19.1 Å². The lowest BCUT2D eigenvalue weighted by Crippen LogP contribution is -2.30. The average molecular weight is 372 g/mol. The summed E-state index contributed by atoms with van der Waals surface area (Å²) in [5.74, 6) is -1.70. The maximum absolute atomic E-state index is 12.4. The number of hydrogen-bond acceptors (Lipinski definition) is 5. The zero-order valence-corrected chi connectivity index (χ0v) is 16.1. The van der Waals surface area contributed by atoms with Crippen LogP contribution in [0, 0.1) is 13.8 Å². The van der Waals surface area contributed by atoms with E-state index < -0.39 is 23.9 Å². The van der Waals surface area contributed by atoms with Gasteiger partial charge in [0, 0.05) is 11.4 Å². The monoisotopic (exact) mass is 372 g/mol. The van der Waals surface area contributed by atoms with Crippen molar-refractivity contribution in [2.75, 3.05) is 12.4 Å². The topological polar surface area (TPSA) is 97.5 Å². The molecule has 2 rings (SSSR count). The van der Waals surface area contributed by atoms with Crippen LogP contribution >= 0.6 is 0 Å². The molecular weight excluding hydrogens is 348 g/mol. The smallest absolute Gasteiger partial charge is 0.355 e. The van der Waals surface area contributed by atoms with Gasteiger partial charge in [-0.25, -0.2) is 9.59 Å². The summed E-state index contributed by atoms with van der Waals surface area (Å²) in [6, 6.07) is 7.44. The van der Waals surface area contributed by atoms with Gasteiger partial charge < -0.3 is 19.8 Å². The Morgan fingerprint density at radius 1 is 1.11 bits per heavy atom. The Kier molecular flexibility index (Phi) is 6.39. The van der Waals surface area contributed by atoms with Crippen LogP contribution in [-0.4, -0.2) is 36.0 Å². The third-order valence-electron chi connectivity index (χ3n) is 4.31. The third-order valence-corrected chi connectivity index (χ3v) is 4.31. The lowest BCUT2D eigenvalue weighted by Gasteiger charge is -2.13. The van der Waals surface area contributed by atoms with Gasteiger partial charge in [0.05, 0.1) is 12.7 Å². The fourth-order valence-corrected chi connectivity index (χ4v) is 2.70. The van der Waals surface area contributed by atoms with Gasteiger partial charge in [0.2, 0.25) is 0 Å². The van der Waals surface area contributed by atoms with Crippen molar-refractivity contribution in [1.82, 2.24) is 4.98 Å². The van der Waals surface area contributed by atoms with Crippen LogP contribution in [-0.2, 0) is 20.7 Å². The van der Waals surface area contributed by atoms with Crippen molar-refractivity contribution in [2.45, 2.75) is 40.2 Å². The molecule has 1 amide bonds. The highest BCUT2D eigenvalue weighted by Crippen LogP contribution is 2.20. The Morgan fingerprint density at radius 2 is 1.74 bits per heavy atom. The number of methoxy groups -OCH3 is 1. The maximum atomic E-state index is 12.4. The van der Waals surface area contributed by atoms with Crippen LogP contribution in [0.3, 0.4) is 0 Å². The molecular formula is C20H24N2O5. The summed E-state index contributed by atoms with van der Waals surface area (Å²) in [7, 11) is 1.27. The first-order valence-corrected chi connectivity index (χ1v) is 8.66. The number of nitrogens with one attached hydrogen (secondary N) is 2. The molecule has 0 saturated carbocycles. The van der Waals surface area contributed by atoms with E-state index in [-0.39, 0.29) is 11.3 Å². The zero-order valence-electron chi connectivity index (χ0n) is 16.1. The molecule has 1 aromatic heterocycles. The molecule has 0 radical (unpaired) electrons. The van der Waals surface area contributed by atoms with E-state index in [1.165, 1.54) is 14.0 Å². The molecule has 7 heteroatoms. The van der Waals surface area contributed by atoms with E-state index in [4.69, 9.17) is 9.47 Å². The molecule has 2 aromatic rings. The molecule has 1 atom stereocenters. The van der Waals surface area contributed by atoms with Crippen LogP contribution in [0.5, 0.6) is 0 Å². The number of ether oxygens (including phenoxy) is 2. The molecule has 144 valence electrons. The second kappa shape index (κ2) is 8.53. The van der Waals surface area contributed by atoms with E-state index in [0.717, 1.165) is 12.0 Å². The number of H-pyrrole nitrogens is 1. The molecule has 1 aromatic carbocycles. The number of hydrogen-bond donors (Lipinski definition) is 2. The molecule has 0 fully saturated rings. The number of esters is 2. The number of rotatable bonds is 6. The minimum Gasteiger partial charge on any atom is -0.465 e. The molecule has 27 heavy (non-hydrogen) atoms. The van der Waals surface area contributed by atoms with Gasteiger partial charge in [-0.1, -0.05) is 19.1 Å². The Morgan fingerprint density at radius 3 is 2.30 bits per heavy atom. The summed E-state index contributed by atoms with van der Waals surface area (Å²) in [5.41, 5.74) is 3.12. The normalized spacial score (nSPS) is 11.6. The SMILES string of the molecule is CCc1ccc(NC(=O)C(C)OC(=O)c2[nH]c(C)c(C(=O)OC)c2C)cc1. The Labute approximate surface area is 158 Å². The van der Waals surface area contributed by atoms with Gasteiger partial charge in [0.15, 0.2) is 6.10 Å². The molecule has 0 spiro atoms. The van der Waals surface area contributed by atoms with Gasteiger partial charge >= 0.3 is 11.9 Å². The predicted molar refractivity (Wildman–Crippen MR) is 101 cm³/mol. The number of aromatic amines is 1. The van der Waals surface area contributed by atoms with Crippen molar-refractivity contribution in [3.63, 3.8) is 0 Å². The first-order valence-electron chi connectivity index (χ1n) is 8.66. The Balaban J connectivity index is 2.06. The van der Waals surface area contributed by atoms with Crippen LogP contribution < -0.4 is 5.32 Å². The van der Waals surface area contributed by atoms with Crippen LogP contribution in [0.4, 0.5) is 5.69 Å². The van der Waals surface area contributed by atoms with Crippen molar-refractivity contribution < 1.29 is 23.9 Å². The summed E-state index contributed by atoms with van der Waals surface area (Å²) >= 11 is 0. The zero-order chi connectivity index (χ0) is 20.1. The van der Waals surface area contributed by atoms with Crippen molar-refractivity contribution in [2.24, 2.45) is 0 Å². The van der Waals surface area contributed by atoms with Gasteiger partial charge in [0.1, 0.15) is 5.69 Å². The standard InChI is InChI=1S/C20H24N2O5/c1-6-14-7-9-15(10-8-14)22-18(23)13(4)27-20(25)17-11(2)16(12(3)21-17)19(24)26-5/h7-10,13,21H,6H2,1-5H3,(H,22,23). The van der Waals surface area contributed by atoms with Crippen molar-refractivity contribution >= 4 is 23.5 Å². The first kappa shape index (κ1) is 20.2. The second-order valence-electron chi connectivity index (χ2n) is 6.20. The van der Waals surface area contributed by atoms with Gasteiger partial charge in [-0.3, -0.25) is 4.79 Å². The molecule has 0 aliphatic heterocycles. The van der Waals surface area contributed by atoms with Crippen molar-refractivity contribution in [1.29, 1.82) is 0 Å². The average Bonchev–Trinajstić information content (AvgIpc) is 2.96. The number of benzene rings is 1. The van der Waals surface area contributed by atoms with E-state index >= 15 is 0 Å². The summed E-state index contributed by atoms with van der Waals surface area (Å²) < 4.78 is 9.96. The van der Waals surface area contributed by atoms with Crippen molar-refractivity contribution in [3.05, 3.63) is 52.3 Å². The van der Waals surface area contributed by atoms with Crippen LogP contribution in [0.15, 0.2) is 24.3 Å². The maximum Gasteiger partial charge on any atom is 0.355 e. The number of anilines is 1. The number of aryl methyl sites for hydroxylation is 2. The quantitative estimate of drug-likeness (QED) is 0.759. The van der Waals surface area contributed by atoms with Gasteiger partial charge in [-0.05, 0) is 50.5 Å². The third kappa shape index (κ3) is 4.55. The summed E-state index contributed by atoms with van der Waals surface area (Å²) in [4.78, 5) is 39.3. The predicted octanol–water partition coefficient (Wildman–Crippen LogP) is 3.16.